The molecule has 0 atom stereocenters. The van der Waals surface area contributed by atoms with Crippen LogP contribution in [0.2, 0.25) is 0 Å². The summed E-state index contributed by atoms with van der Waals surface area (Å²) < 4.78 is 21.5. The molecule has 1 aliphatic carbocycles. The van der Waals surface area contributed by atoms with Gasteiger partial charge in [0.1, 0.15) is 12.2 Å². The molecule has 1 aromatic heterocycles. The summed E-state index contributed by atoms with van der Waals surface area (Å²) in [6.07, 6.45) is 4.98. The van der Waals surface area contributed by atoms with E-state index in [4.69, 9.17) is 4.74 Å². The van der Waals surface area contributed by atoms with Crippen molar-refractivity contribution in [2.45, 2.75) is 52.4 Å². The first-order valence-electron chi connectivity index (χ1n) is 12.0. The molecule has 0 bridgehead atoms. The van der Waals surface area contributed by atoms with Gasteiger partial charge in [-0.1, -0.05) is 26.2 Å². The third-order valence-electron chi connectivity index (χ3n) is 7.24. The maximum Gasteiger partial charge on any atom is 0.309 e. The summed E-state index contributed by atoms with van der Waals surface area (Å²) >= 11 is 0. The number of pyridine rings is 1. The molecule has 2 aliphatic rings. The van der Waals surface area contributed by atoms with E-state index in [9.17, 15) is 23.9 Å². The van der Waals surface area contributed by atoms with E-state index in [2.05, 4.69) is 17.6 Å². The summed E-state index contributed by atoms with van der Waals surface area (Å²) in [5, 5.41) is 15.6. The van der Waals surface area contributed by atoms with Gasteiger partial charge in [-0.2, -0.15) is 0 Å². The van der Waals surface area contributed by atoms with E-state index in [0.29, 0.717) is 42.1 Å². The lowest BCUT2D eigenvalue weighted by Gasteiger charge is -2.33. The second kappa shape index (κ2) is 9.71. The number of anilines is 1. The van der Waals surface area contributed by atoms with Crippen LogP contribution in [0.4, 0.5) is 10.1 Å². The van der Waals surface area contributed by atoms with Crippen LogP contribution in [0, 0.1) is 18.2 Å². The Morgan fingerprint density at radius 3 is 2.66 bits per heavy atom. The molecule has 0 radical (unpaired) electrons. The van der Waals surface area contributed by atoms with Gasteiger partial charge in [-0.05, 0) is 48.4 Å². The van der Waals surface area contributed by atoms with E-state index >= 15 is 0 Å². The number of carbonyl (C=O) groups is 2. The molecule has 1 amide bonds. The Balaban J connectivity index is 1.81. The highest BCUT2D eigenvalue weighted by atomic mass is 19.1. The summed E-state index contributed by atoms with van der Waals surface area (Å²) in [7, 11) is 1.44. The number of hydrogen-bond acceptors (Lipinski definition) is 5. The van der Waals surface area contributed by atoms with Crippen molar-refractivity contribution in [1.29, 1.82) is 0 Å². The van der Waals surface area contributed by atoms with Crippen LogP contribution in [0.15, 0.2) is 16.9 Å². The molecule has 1 fully saturated rings. The highest BCUT2D eigenvalue weighted by Gasteiger charge is 2.30. The van der Waals surface area contributed by atoms with Gasteiger partial charge in [0.2, 0.25) is 0 Å². The lowest BCUT2D eigenvalue weighted by atomic mass is 9.75. The molecule has 1 aliphatic heterocycles. The third kappa shape index (κ3) is 4.90. The number of aliphatic carboxylic acids is 1. The average Bonchev–Trinajstić information content (AvgIpc) is 2.81. The van der Waals surface area contributed by atoms with Gasteiger partial charge in [0.25, 0.3) is 11.5 Å². The van der Waals surface area contributed by atoms with Crippen LogP contribution in [-0.4, -0.2) is 41.2 Å². The molecule has 8 nitrogen and oxygen atoms in total. The fourth-order valence-corrected chi connectivity index (χ4v) is 5.28. The fourth-order valence-electron chi connectivity index (χ4n) is 5.28. The fraction of sp³-hybridized carbons (Fsp3) is 0.500. The number of rotatable bonds is 6. The van der Waals surface area contributed by atoms with Crippen LogP contribution >= 0.6 is 0 Å². The van der Waals surface area contributed by atoms with Gasteiger partial charge in [-0.25, -0.2) is 4.39 Å². The number of ether oxygens (including phenoxy) is 1. The van der Waals surface area contributed by atoms with Crippen molar-refractivity contribution in [2.24, 2.45) is 12.5 Å². The largest absolute Gasteiger partial charge is 0.486 e. The van der Waals surface area contributed by atoms with Crippen LogP contribution in [0.3, 0.4) is 0 Å². The number of halogens is 1. The highest BCUT2D eigenvalue weighted by Crippen LogP contribution is 2.38. The van der Waals surface area contributed by atoms with Crippen LogP contribution < -0.4 is 20.9 Å². The minimum absolute atomic E-state index is 0.0214. The molecule has 35 heavy (non-hydrogen) atoms. The van der Waals surface area contributed by atoms with Gasteiger partial charge in [0, 0.05) is 31.4 Å². The van der Waals surface area contributed by atoms with Crippen molar-refractivity contribution < 1.29 is 23.8 Å². The number of amides is 1. The van der Waals surface area contributed by atoms with E-state index in [1.165, 1.54) is 24.1 Å². The SMILES string of the molecule is Cc1c(-c2cc(F)c3c(c2)NCCO3)c(CC(=O)O)n(C)c(=O)c1C(=O)NCC1(C)CCCCC1. The predicted octanol–water partition coefficient (Wildman–Crippen LogP) is 3.63. The summed E-state index contributed by atoms with van der Waals surface area (Å²) in [4.78, 5) is 38.2. The Kier molecular flexibility index (Phi) is 6.87. The van der Waals surface area contributed by atoms with Crippen molar-refractivity contribution in [3.63, 3.8) is 0 Å². The summed E-state index contributed by atoms with van der Waals surface area (Å²) in [6, 6.07) is 2.93. The Morgan fingerprint density at radius 2 is 1.97 bits per heavy atom. The molecule has 0 unspecified atom stereocenters. The second-order valence-electron chi connectivity index (χ2n) is 9.92. The monoisotopic (exact) mass is 485 g/mol. The van der Waals surface area contributed by atoms with Gasteiger partial charge in [-0.15, -0.1) is 0 Å². The maximum absolute atomic E-state index is 14.9. The maximum atomic E-state index is 14.9. The molecule has 188 valence electrons. The Labute approximate surface area is 203 Å². The zero-order chi connectivity index (χ0) is 25.3. The van der Waals surface area contributed by atoms with Crippen molar-refractivity contribution in [2.75, 3.05) is 25.0 Å². The molecular formula is C26H32FN3O5. The smallest absolute Gasteiger partial charge is 0.309 e. The average molecular weight is 486 g/mol. The Hall–Kier alpha value is -3.36. The molecular weight excluding hydrogens is 453 g/mol. The number of benzene rings is 1. The number of carboxylic acid groups (broad SMARTS) is 1. The molecule has 0 spiro atoms. The van der Waals surface area contributed by atoms with Crippen LogP contribution in [0.1, 0.15) is 60.6 Å². The van der Waals surface area contributed by atoms with Gasteiger partial charge >= 0.3 is 5.97 Å². The van der Waals surface area contributed by atoms with E-state index in [1.807, 2.05) is 0 Å². The van der Waals surface area contributed by atoms with E-state index in [0.717, 1.165) is 25.7 Å². The van der Waals surface area contributed by atoms with E-state index in [1.54, 1.807) is 13.0 Å². The number of nitrogens with zero attached hydrogens (tertiary/aromatic N) is 1. The zero-order valence-electron chi connectivity index (χ0n) is 20.4. The highest BCUT2D eigenvalue weighted by molar-refractivity contribution is 5.98. The van der Waals surface area contributed by atoms with Crippen molar-refractivity contribution >= 4 is 17.6 Å². The molecule has 0 saturated heterocycles. The van der Waals surface area contributed by atoms with Crippen LogP contribution in [0.25, 0.3) is 11.1 Å². The Morgan fingerprint density at radius 1 is 1.26 bits per heavy atom. The lowest BCUT2D eigenvalue weighted by Crippen LogP contribution is -2.40. The lowest BCUT2D eigenvalue weighted by molar-refractivity contribution is -0.136. The van der Waals surface area contributed by atoms with Gasteiger partial charge < -0.3 is 25.0 Å². The first kappa shape index (κ1) is 24.8. The summed E-state index contributed by atoms with van der Waals surface area (Å²) in [5.74, 6) is -2.14. The van der Waals surface area contributed by atoms with Gasteiger partial charge in [-0.3, -0.25) is 14.4 Å². The minimum atomic E-state index is -1.14. The van der Waals surface area contributed by atoms with Crippen LogP contribution in [0.5, 0.6) is 5.75 Å². The quantitative estimate of drug-likeness (QED) is 0.577. The molecule has 1 aromatic carbocycles. The second-order valence-corrected chi connectivity index (χ2v) is 9.92. The first-order chi connectivity index (χ1) is 16.6. The summed E-state index contributed by atoms with van der Waals surface area (Å²) in [5.41, 5.74) is 1.05. The number of aromatic nitrogens is 1. The van der Waals surface area contributed by atoms with Crippen LogP contribution in [-0.2, 0) is 18.3 Å². The van der Waals surface area contributed by atoms with Crippen molar-refractivity contribution in [1.82, 2.24) is 9.88 Å². The topological polar surface area (TPSA) is 110 Å². The molecule has 1 saturated carbocycles. The number of hydrogen-bond donors (Lipinski definition) is 3. The first-order valence-corrected chi connectivity index (χ1v) is 12.0. The van der Waals surface area contributed by atoms with Crippen molar-refractivity contribution in [3.8, 4) is 16.9 Å². The molecule has 4 rings (SSSR count). The number of nitrogens with one attached hydrogen (secondary N) is 2. The van der Waals surface area contributed by atoms with E-state index in [-0.39, 0.29) is 22.4 Å². The number of carbonyl (C=O) groups excluding carboxylic acids is 1. The number of fused-ring (bicyclic) bond motifs is 1. The minimum Gasteiger partial charge on any atom is -0.486 e. The number of carboxylic acids is 1. The zero-order valence-corrected chi connectivity index (χ0v) is 20.4. The Bertz CT molecular complexity index is 1230. The standard InChI is InChI=1S/C26H32FN3O5/c1-15-21(16-11-17(27)23-18(12-16)28-9-10-35-23)19(13-20(31)32)30(3)25(34)22(15)24(33)29-14-26(2)7-5-4-6-8-26/h11-12,28H,4-10,13-14H2,1-3H3,(H,29,33)(H,31,32). The summed E-state index contributed by atoms with van der Waals surface area (Å²) in [6.45, 7) is 5.03. The predicted molar refractivity (Wildman–Crippen MR) is 131 cm³/mol. The molecule has 2 heterocycles. The molecule has 2 aromatic rings. The van der Waals surface area contributed by atoms with Gasteiger partial charge in [0.05, 0.1) is 12.1 Å². The van der Waals surface area contributed by atoms with Crippen molar-refractivity contribution in [3.05, 3.63) is 45.1 Å². The molecule has 9 heteroatoms. The van der Waals surface area contributed by atoms with Gasteiger partial charge in [0.15, 0.2) is 11.6 Å². The normalized spacial score (nSPS) is 16.6. The van der Waals surface area contributed by atoms with E-state index < -0.39 is 29.7 Å². The third-order valence-corrected chi connectivity index (χ3v) is 7.24. The molecule has 3 N–H and O–H groups in total.